The summed E-state index contributed by atoms with van der Waals surface area (Å²) >= 11 is 0. The molecule has 0 amide bonds. The van der Waals surface area contributed by atoms with Gasteiger partial charge in [-0.05, 0) is 30.7 Å². The van der Waals surface area contributed by atoms with Gasteiger partial charge in [0.25, 0.3) is 0 Å². The summed E-state index contributed by atoms with van der Waals surface area (Å²) in [5.41, 5.74) is 0.661. The number of hydrogen-bond donors (Lipinski definition) is 1. The second-order valence-electron chi connectivity index (χ2n) is 4.03. The number of aliphatic hydroxyl groups is 1. The molecule has 0 saturated carbocycles. The SMILES string of the molecule is COc1ccc2c(c1)C(C(C)O)CS2(=O)=O. The smallest absolute Gasteiger partial charge is 0.179 e. The van der Waals surface area contributed by atoms with Crippen molar-refractivity contribution < 1.29 is 18.3 Å². The molecule has 1 aliphatic rings. The molecule has 2 unspecified atom stereocenters. The molecule has 0 aromatic heterocycles. The lowest BCUT2D eigenvalue weighted by Gasteiger charge is -2.13. The highest BCUT2D eigenvalue weighted by atomic mass is 32.2. The molecule has 1 aromatic carbocycles. The fourth-order valence-electron chi connectivity index (χ4n) is 2.04. The van der Waals surface area contributed by atoms with Gasteiger partial charge in [-0.25, -0.2) is 8.42 Å². The lowest BCUT2D eigenvalue weighted by Crippen LogP contribution is -2.16. The Bertz CT molecular complexity index is 505. The summed E-state index contributed by atoms with van der Waals surface area (Å²) in [5, 5.41) is 9.59. The molecule has 1 N–H and O–H groups in total. The molecule has 16 heavy (non-hydrogen) atoms. The van der Waals surface area contributed by atoms with E-state index in [9.17, 15) is 13.5 Å². The summed E-state index contributed by atoms with van der Waals surface area (Å²) in [6, 6.07) is 4.87. The van der Waals surface area contributed by atoms with Crippen LogP contribution in [0.5, 0.6) is 5.75 Å². The van der Waals surface area contributed by atoms with Gasteiger partial charge in [-0.2, -0.15) is 0 Å². The van der Waals surface area contributed by atoms with Crippen molar-refractivity contribution in [1.29, 1.82) is 0 Å². The van der Waals surface area contributed by atoms with Crippen molar-refractivity contribution >= 4 is 9.84 Å². The summed E-state index contributed by atoms with van der Waals surface area (Å²) in [6.45, 7) is 1.61. The Kier molecular flexibility index (Phi) is 2.67. The molecular formula is C11H14O4S. The molecule has 2 rings (SSSR count). The predicted octanol–water partition coefficient (Wildman–Crippen LogP) is 0.947. The highest BCUT2D eigenvalue weighted by molar-refractivity contribution is 7.91. The number of rotatable bonds is 2. The Hall–Kier alpha value is -1.07. The maximum atomic E-state index is 11.8. The highest BCUT2D eigenvalue weighted by Crippen LogP contribution is 2.38. The van der Waals surface area contributed by atoms with E-state index < -0.39 is 15.9 Å². The van der Waals surface area contributed by atoms with Crippen molar-refractivity contribution in [1.82, 2.24) is 0 Å². The number of benzene rings is 1. The van der Waals surface area contributed by atoms with E-state index in [2.05, 4.69) is 0 Å². The molecule has 1 aromatic rings. The third kappa shape index (κ3) is 1.70. The second kappa shape index (κ2) is 3.75. The van der Waals surface area contributed by atoms with E-state index in [0.717, 1.165) is 0 Å². The fourth-order valence-corrected chi connectivity index (χ4v) is 4.00. The fraction of sp³-hybridized carbons (Fsp3) is 0.455. The van der Waals surface area contributed by atoms with Crippen LogP contribution in [0.15, 0.2) is 23.1 Å². The first-order valence-corrected chi connectivity index (χ1v) is 6.69. The standard InChI is InChI=1S/C11H14O4S/c1-7(12)10-6-16(13,14)11-4-3-8(15-2)5-9(10)11/h3-5,7,10,12H,6H2,1-2H3. The molecule has 4 nitrogen and oxygen atoms in total. The van der Waals surface area contributed by atoms with E-state index in [-0.39, 0.29) is 11.7 Å². The molecule has 0 saturated heterocycles. The van der Waals surface area contributed by atoms with Crippen molar-refractivity contribution in [3.05, 3.63) is 23.8 Å². The zero-order valence-electron chi connectivity index (χ0n) is 9.17. The quantitative estimate of drug-likeness (QED) is 0.838. The minimum Gasteiger partial charge on any atom is -0.497 e. The first-order chi connectivity index (χ1) is 7.45. The van der Waals surface area contributed by atoms with Gasteiger partial charge in [0, 0.05) is 5.92 Å². The van der Waals surface area contributed by atoms with Crippen LogP contribution in [0.25, 0.3) is 0 Å². The second-order valence-corrected chi connectivity index (χ2v) is 6.03. The maximum Gasteiger partial charge on any atom is 0.179 e. The van der Waals surface area contributed by atoms with Gasteiger partial charge in [-0.1, -0.05) is 0 Å². The molecule has 0 radical (unpaired) electrons. The van der Waals surface area contributed by atoms with Crippen LogP contribution in [0.4, 0.5) is 0 Å². The van der Waals surface area contributed by atoms with E-state index in [4.69, 9.17) is 4.74 Å². The van der Waals surface area contributed by atoms with Crippen molar-refractivity contribution in [2.24, 2.45) is 0 Å². The van der Waals surface area contributed by atoms with Crippen molar-refractivity contribution in [3.8, 4) is 5.75 Å². The molecule has 5 heteroatoms. The van der Waals surface area contributed by atoms with Gasteiger partial charge in [-0.15, -0.1) is 0 Å². The first-order valence-electron chi connectivity index (χ1n) is 5.04. The number of ether oxygens (including phenoxy) is 1. The number of fused-ring (bicyclic) bond motifs is 1. The van der Waals surface area contributed by atoms with Crippen LogP contribution in [0, 0.1) is 0 Å². The van der Waals surface area contributed by atoms with E-state index in [1.807, 2.05) is 0 Å². The van der Waals surface area contributed by atoms with Crippen LogP contribution in [0.3, 0.4) is 0 Å². The molecule has 0 aliphatic carbocycles. The van der Waals surface area contributed by atoms with Crippen LogP contribution in [0.1, 0.15) is 18.4 Å². The topological polar surface area (TPSA) is 63.6 Å². The monoisotopic (exact) mass is 242 g/mol. The van der Waals surface area contributed by atoms with Gasteiger partial charge in [0.1, 0.15) is 5.75 Å². The summed E-state index contributed by atoms with van der Waals surface area (Å²) in [5.74, 6) is 0.240. The summed E-state index contributed by atoms with van der Waals surface area (Å²) in [6.07, 6.45) is -0.678. The molecule has 0 spiro atoms. The van der Waals surface area contributed by atoms with Gasteiger partial charge in [-0.3, -0.25) is 0 Å². The van der Waals surface area contributed by atoms with Gasteiger partial charge >= 0.3 is 0 Å². The van der Waals surface area contributed by atoms with Crippen molar-refractivity contribution in [3.63, 3.8) is 0 Å². The van der Waals surface area contributed by atoms with Crippen molar-refractivity contribution in [2.75, 3.05) is 12.9 Å². The normalized spacial score (nSPS) is 23.8. The first kappa shape index (κ1) is 11.4. The molecule has 0 fully saturated rings. The lowest BCUT2D eigenvalue weighted by molar-refractivity contribution is 0.170. The van der Waals surface area contributed by atoms with Gasteiger partial charge in [0.15, 0.2) is 9.84 Å². The Labute approximate surface area is 94.8 Å². The third-order valence-electron chi connectivity index (χ3n) is 2.93. The highest BCUT2D eigenvalue weighted by Gasteiger charge is 2.37. The van der Waals surface area contributed by atoms with E-state index >= 15 is 0 Å². The number of methoxy groups -OCH3 is 1. The van der Waals surface area contributed by atoms with Gasteiger partial charge in [0.2, 0.25) is 0 Å². The summed E-state index contributed by atoms with van der Waals surface area (Å²) < 4.78 is 28.7. The molecule has 0 bridgehead atoms. The molecular weight excluding hydrogens is 228 g/mol. The molecule has 1 heterocycles. The Morgan fingerprint density at radius 2 is 2.19 bits per heavy atom. The largest absolute Gasteiger partial charge is 0.497 e. The Morgan fingerprint density at radius 3 is 2.75 bits per heavy atom. The van der Waals surface area contributed by atoms with Gasteiger partial charge in [0.05, 0.1) is 23.9 Å². The molecule has 2 atom stereocenters. The average Bonchev–Trinajstić information content (AvgIpc) is 2.50. The van der Waals surface area contributed by atoms with Crippen LogP contribution in [0.2, 0.25) is 0 Å². The Balaban J connectivity index is 2.59. The number of hydrogen-bond acceptors (Lipinski definition) is 4. The van der Waals surface area contributed by atoms with Crippen LogP contribution >= 0.6 is 0 Å². The zero-order valence-corrected chi connectivity index (χ0v) is 9.99. The van der Waals surface area contributed by atoms with Crippen LogP contribution in [-0.4, -0.2) is 32.5 Å². The van der Waals surface area contributed by atoms with Gasteiger partial charge < -0.3 is 9.84 Å². The molecule has 1 aliphatic heterocycles. The van der Waals surface area contributed by atoms with E-state index in [1.54, 1.807) is 25.1 Å². The van der Waals surface area contributed by atoms with E-state index in [1.165, 1.54) is 7.11 Å². The van der Waals surface area contributed by atoms with Crippen molar-refractivity contribution in [2.45, 2.75) is 23.8 Å². The minimum absolute atomic E-state index is 0.0207. The van der Waals surface area contributed by atoms with Crippen LogP contribution in [-0.2, 0) is 9.84 Å². The number of aliphatic hydroxyl groups excluding tert-OH is 1. The summed E-state index contributed by atoms with van der Waals surface area (Å²) in [7, 11) is -1.71. The molecule has 88 valence electrons. The lowest BCUT2D eigenvalue weighted by atomic mass is 9.96. The average molecular weight is 242 g/mol. The maximum absolute atomic E-state index is 11.8. The zero-order chi connectivity index (χ0) is 11.9. The number of sulfone groups is 1. The van der Waals surface area contributed by atoms with E-state index in [0.29, 0.717) is 16.2 Å². The summed E-state index contributed by atoms with van der Waals surface area (Å²) in [4.78, 5) is 0.319. The predicted molar refractivity (Wildman–Crippen MR) is 59.5 cm³/mol. The van der Waals surface area contributed by atoms with Crippen LogP contribution < -0.4 is 4.74 Å². The Morgan fingerprint density at radius 1 is 1.50 bits per heavy atom. The third-order valence-corrected chi connectivity index (χ3v) is 4.77. The minimum atomic E-state index is -3.24.